The number of hydrogen-bond donors (Lipinski definition) is 0. The molecule has 0 spiro atoms. The Hall–Kier alpha value is -2.69. The fourth-order valence-corrected chi connectivity index (χ4v) is 5.18. The first kappa shape index (κ1) is 48.4. The van der Waals surface area contributed by atoms with Crippen molar-refractivity contribution in [3.05, 3.63) is 75.9 Å². The number of rotatable bonds is 24. The standard InChI is InChI=1S/3C13H23N2.BO2.BrH/c3*1-3-5-6-7-8-9-10-15-12-11-14(4-2)13-15;2-1-3;/h3*4,11-13H,2-3,5-10H2,1H3;;1H/q3*+1;-2;/p-1. The Morgan fingerprint density at radius 2 is 0.694 bits per heavy atom. The molecule has 0 aliphatic carbocycles. The summed E-state index contributed by atoms with van der Waals surface area (Å²) in [5.74, 6) is 0. The molecule has 0 atom stereocenters. The first-order chi connectivity index (χ1) is 23.5. The van der Waals surface area contributed by atoms with E-state index in [-0.39, 0.29) is 17.0 Å². The van der Waals surface area contributed by atoms with Gasteiger partial charge in [0.2, 0.25) is 19.0 Å². The predicted molar refractivity (Wildman–Crippen MR) is 199 cm³/mol. The number of unbranched alkanes of at least 4 members (excludes halogenated alkanes) is 15. The minimum absolute atomic E-state index is 0. The van der Waals surface area contributed by atoms with Crippen molar-refractivity contribution in [2.75, 3.05) is 0 Å². The van der Waals surface area contributed by atoms with Crippen molar-refractivity contribution in [3.8, 4) is 0 Å². The van der Waals surface area contributed by atoms with E-state index in [9.17, 15) is 0 Å². The monoisotopic (exact) mass is 743 g/mol. The third-order valence-corrected chi connectivity index (χ3v) is 8.08. The normalized spacial score (nSPS) is 9.90. The fourth-order valence-electron chi connectivity index (χ4n) is 5.18. The van der Waals surface area contributed by atoms with Crippen LogP contribution in [0.4, 0.5) is 0 Å². The molecule has 3 aromatic rings. The van der Waals surface area contributed by atoms with Crippen LogP contribution in [0, 0.1) is 0 Å². The molecule has 0 fully saturated rings. The van der Waals surface area contributed by atoms with Crippen molar-refractivity contribution >= 4 is 26.3 Å². The molecule has 0 N–H and O–H groups in total. The fraction of sp³-hybridized carbons (Fsp3) is 0.615. The van der Waals surface area contributed by atoms with Gasteiger partial charge in [-0.15, -0.1) is 0 Å². The predicted octanol–water partition coefficient (Wildman–Crippen LogP) is 3.96. The van der Waals surface area contributed by atoms with E-state index in [1.807, 2.05) is 50.9 Å². The van der Waals surface area contributed by atoms with Gasteiger partial charge in [0.05, 0.1) is 38.2 Å². The number of imidazole rings is 3. The molecule has 0 saturated carbocycles. The van der Waals surface area contributed by atoms with Crippen molar-refractivity contribution in [3.63, 3.8) is 0 Å². The van der Waals surface area contributed by atoms with Crippen molar-refractivity contribution in [2.24, 2.45) is 0 Å². The lowest BCUT2D eigenvalue weighted by molar-refractivity contribution is -0.696. The average molecular weight is 745 g/mol. The molecule has 277 valence electrons. The molecule has 0 aromatic carbocycles. The molecule has 3 heterocycles. The quantitative estimate of drug-likeness (QED) is 0.0793. The van der Waals surface area contributed by atoms with Crippen LogP contribution < -0.4 is 40.7 Å². The van der Waals surface area contributed by atoms with Crippen LogP contribution >= 0.6 is 0 Å². The molecular weight excluding hydrogens is 675 g/mol. The third kappa shape index (κ3) is 28.8. The number of halogens is 1. The first-order valence-corrected chi connectivity index (χ1v) is 18.6. The maximum absolute atomic E-state index is 8.25. The smallest absolute Gasteiger partial charge is 0.248 e. The van der Waals surface area contributed by atoms with E-state index in [1.165, 1.54) is 116 Å². The Bertz CT molecular complexity index is 1010. The zero-order valence-electron chi connectivity index (χ0n) is 31.4. The second-order valence-electron chi connectivity index (χ2n) is 12.2. The highest BCUT2D eigenvalue weighted by molar-refractivity contribution is 6.08. The summed E-state index contributed by atoms with van der Waals surface area (Å²) in [6.07, 6.45) is 48.5. The molecule has 0 bridgehead atoms. The van der Waals surface area contributed by atoms with E-state index in [0.717, 1.165) is 19.6 Å². The first-order valence-electron chi connectivity index (χ1n) is 18.6. The number of hydrogen-bond acceptors (Lipinski definition) is 2. The van der Waals surface area contributed by atoms with Gasteiger partial charge in [0.15, 0.2) is 0 Å². The van der Waals surface area contributed by atoms with E-state index < -0.39 is 7.69 Å². The molecule has 3 aromatic heterocycles. The summed E-state index contributed by atoms with van der Waals surface area (Å²) in [4.78, 5) is 0. The lowest BCUT2D eigenvalue weighted by Gasteiger charge is -2.01. The van der Waals surface area contributed by atoms with Gasteiger partial charge in [-0.3, -0.25) is 0 Å². The van der Waals surface area contributed by atoms with Crippen LogP contribution in [0.15, 0.2) is 75.9 Å². The Labute approximate surface area is 311 Å². The molecular formula is C39H69BBrN6O2. The summed E-state index contributed by atoms with van der Waals surface area (Å²) >= 11 is 0. The minimum atomic E-state index is -0.500. The van der Waals surface area contributed by atoms with E-state index in [0.29, 0.717) is 0 Å². The van der Waals surface area contributed by atoms with E-state index >= 15 is 0 Å². The number of aryl methyl sites for hydroxylation is 3. The summed E-state index contributed by atoms with van der Waals surface area (Å²) in [5.41, 5.74) is 0. The van der Waals surface area contributed by atoms with Crippen LogP contribution in [0.3, 0.4) is 0 Å². The maximum Gasteiger partial charge on any atom is 0.248 e. The summed E-state index contributed by atoms with van der Waals surface area (Å²) in [5, 5.41) is 16.5. The van der Waals surface area contributed by atoms with Gasteiger partial charge >= 0.3 is 0 Å². The van der Waals surface area contributed by atoms with Crippen LogP contribution in [0.25, 0.3) is 18.6 Å². The molecule has 10 heteroatoms. The highest BCUT2D eigenvalue weighted by Crippen LogP contribution is 2.06. The summed E-state index contributed by atoms with van der Waals surface area (Å²) in [6.45, 7) is 21.3. The van der Waals surface area contributed by atoms with Gasteiger partial charge in [0, 0.05) is 0 Å². The molecule has 3 rings (SSSR count). The van der Waals surface area contributed by atoms with Crippen molar-refractivity contribution < 1.29 is 40.7 Å². The van der Waals surface area contributed by atoms with Gasteiger partial charge in [0.25, 0.3) is 0 Å². The molecule has 0 unspecified atom stereocenters. The van der Waals surface area contributed by atoms with Crippen molar-refractivity contribution in [1.82, 2.24) is 13.7 Å². The summed E-state index contributed by atoms with van der Waals surface area (Å²) < 4.78 is 12.6. The molecule has 1 radical (unpaired) electrons. The molecule has 0 aliphatic heterocycles. The van der Waals surface area contributed by atoms with Crippen LogP contribution in [0.5, 0.6) is 0 Å². The largest absolute Gasteiger partial charge is 1.00 e. The zero-order valence-corrected chi connectivity index (χ0v) is 32.9. The highest BCUT2D eigenvalue weighted by Gasteiger charge is 2.02. The Morgan fingerprint density at radius 1 is 0.469 bits per heavy atom. The van der Waals surface area contributed by atoms with Gasteiger partial charge in [-0.05, 0) is 38.5 Å². The Balaban J connectivity index is 0. The van der Waals surface area contributed by atoms with Gasteiger partial charge in [-0.25, -0.2) is 35.1 Å². The maximum atomic E-state index is 8.25. The molecule has 0 saturated heterocycles. The Morgan fingerprint density at radius 3 is 0.898 bits per heavy atom. The van der Waals surface area contributed by atoms with Gasteiger partial charge in [-0.2, -0.15) is 0 Å². The average Bonchev–Trinajstić information content (AvgIpc) is 3.88. The van der Waals surface area contributed by atoms with Gasteiger partial charge in [-0.1, -0.05) is 118 Å². The van der Waals surface area contributed by atoms with Crippen molar-refractivity contribution in [2.45, 2.75) is 156 Å². The lowest BCUT2D eigenvalue weighted by atomic mass is 10.1. The zero-order chi connectivity index (χ0) is 35.5. The molecule has 0 aliphatic rings. The SMILES string of the molecule is C=Cn1cc[n+](CCCCCCCC)c1.C=Cn1cc[n+](CCCCCCCC)c1.C=Cn1cc[n+](CCCCCCCC)c1.[Br-].[O-][B][O-]. The van der Waals surface area contributed by atoms with E-state index in [2.05, 4.69) is 91.8 Å². The summed E-state index contributed by atoms with van der Waals surface area (Å²) in [6, 6.07) is 0. The van der Waals surface area contributed by atoms with Gasteiger partial charge in [0.1, 0.15) is 37.2 Å². The second kappa shape index (κ2) is 36.6. The third-order valence-electron chi connectivity index (χ3n) is 8.08. The Kier molecular flexibility index (Phi) is 36.2. The number of nitrogens with zero attached hydrogens (tertiary/aromatic N) is 6. The lowest BCUT2D eigenvalue weighted by Crippen LogP contribution is -3.00. The molecule has 0 amide bonds. The van der Waals surface area contributed by atoms with E-state index in [1.54, 1.807) is 0 Å². The van der Waals surface area contributed by atoms with E-state index in [4.69, 9.17) is 10.0 Å². The topological polar surface area (TPSA) is 72.5 Å². The highest BCUT2D eigenvalue weighted by atomic mass is 79.9. The van der Waals surface area contributed by atoms with Gasteiger partial charge < -0.3 is 27.0 Å². The van der Waals surface area contributed by atoms with Crippen LogP contribution in [0.2, 0.25) is 0 Å². The molecule has 8 nitrogen and oxygen atoms in total. The summed E-state index contributed by atoms with van der Waals surface area (Å²) in [7, 11) is -0.500. The van der Waals surface area contributed by atoms with Crippen LogP contribution in [-0.2, 0) is 19.6 Å². The number of aromatic nitrogens is 6. The van der Waals surface area contributed by atoms with Crippen LogP contribution in [-0.4, -0.2) is 21.4 Å². The van der Waals surface area contributed by atoms with Crippen molar-refractivity contribution in [1.29, 1.82) is 0 Å². The molecule has 49 heavy (non-hydrogen) atoms. The second-order valence-corrected chi connectivity index (χ2v) is 12.2. The minimum Gasteiger partial charge on any atom is -1.00 e. The van der Waals surface area contributed by atoms with Crippen LogP contribution in [0.1, 0.15) is 136 Å².